The Hall–Kier alpha value is -4.07. The molecule has 2 aromatic carbocycles. The molecule has 0 bridgehead atoms. The zero-order valence-electron chi connectivity index (χ0n) is 18.4. The Morgan fingerprint density at radius 1 is 1.12 bits per heavy atom. The molecule has 1 N–H and O–H groups in total. The number of para-hydroxylation sites is 1. The number of nitrogens with zero attached hydrogens (tertiary/aromatic N) is 3. The first-order chi connectivity index (χ1) is 16.6. The third-order valence-corrected chi connectivity index (χ3v) is 5.69. The lowest BCUT2D eigenvalue weighted by atomic mass is 10.2. The molecule has 1 saturated carbocycles. The zero-order valence-corrected chi connectivity index (χ0v) is 18.4. The number of halogens is 1. The van der Waals surface area contributed by atoms with E-state index in [9.17, 15) is 14.0 Å². The Morgan fingerprint density at radius 2 is 1.91 bits per heavy atom. The van der Waals surface area contributed by atoms with Crippen LogP contribution in [0.15, 0.2) is 71.7 Å². The average Bonchev–Trinajstić information content (AvgIpc) is 3.68. The summed E-state index contributed by atoms with van der Waals surface area (Å²) in [6.07, 6.45) is 4.12. The molecule has 0 spiro atoms. The van der Waals surface area contributed by atoms with Crippen molar-refractivity contribution in [1.29, 1.82) is 0 Å². The first-order valence-corrected chi connectivity index (χ1v) is 11.2. The summed E-state index contributed by atoms with van der Waals surface area (Å²) in [5, 5.41) is 3.51. The molecule has 2 heterocycles. The molecule has 7 nitrogen and oxygen atoms in total. The van der Waals surface area contributed by atoms with Gasteiger partial charge in [-0.15, -0.1) is 0 Å². The van der Waals surface area contributed by atoms with E-state index >= 15 is 0 Å². The monoisotopic (exact) mass is 458 g/mol. The van der Waals surface area contributed by atoms with E-state index in [0.717, 1.165) is 18.4 Å². The number of carbonyl (C=O) groups is 1. The molecule has 8 heteroatoms. The van der Waals surface area contributed by atoms with E-state index in [1.165, 1.54) is 24.3 Å². The quantitative estimate of drug-likeness (QED) is 0.425. The van der Waals surface area contributed by atoms with Crippen molar-refractivity contribution in [3.63, 3.8) is 0 Å². The number of nitrogens with one attached hydrogen (secondary N) is 1. The molecule has 2 aromatic heterocycles. The molecule has 172 valence electrons. The van der Waals surface area contributed by atoms with Crippen LogP contribution in [0.1, 0.15) is 36.7 Å². The van der Waals surface area contributed by atoms with Crippen LogP contribution in [0.4, 0.5) is 4.39 Å². The smallest absolute Gasteiger partial charge is 0.261 e. The minimum absolute atomic E-state index is 0.0334. The fourth-order valence-electron chi connectivity index (χ4n) is 3.83. The number of rotatable bonds is 8. The van der Waals surface area contributed by atoms with Crippen molar-refractivity contribution in [2.75, 3.05) is 0 Å². The SMILES string of the molecule is O=C(CCc1nc2ccccc2c(=O)n1C1CC1)NCc1ccnc(Oc2ccc(F)cc2)c1. The molecule has 4 aromatic rings. The van der Waals surface area contributed by atoms with Crippen molar-refractivity contribution >= 4 is 16.8 Å². The minimum atomic E-state index is -0.343. The molecule has 0 saturated heterocycles. The minimum Gasteiger partial charge on any atom is -0.439 e. The largest absolute Gasteiger partial charge is 0.439 e. The Balaban J connectivity index is 1.21. The number of pyridine rings is 1. The first-order valence-electron chi connectivity index (χ1n) is 11.2. The number of carbonyl (C=O) groups excluding carboxylic acids is 1. The standard InChI is InChI=1S/C26H23FN4O3/c27-18-5-9-20(10-6-18)34-25-15-17(13-14-28-25)16-29-24(32)12-11-23-30-22-4-2-1-3-21(22)26(33)31(23)19-7-8-19/h1-6,9-10,13-15,19H,7-8,11-12,16H2,(H,29,32). The van der Waals surface area contributed by atoms with Crippen LogP contribution in [-0.4, -0.2) is 20.4 Å². The molecule has 1 fully saturated rings. The van der Waals surface area contributed by atoms with Gasteiger partial charge in [0.2, 0.25) is 11.8 Å². The highest BCUT2D eigenvalue weighted by Gasteiger charge is 2.28. The summed E-state index contributed by atoms with van der Waals surface area (Å²) < 4.78 is 20.5. The Bertz CT molecular complexity index is 1400. The summed E-state index contributed by atoms with van der Waals surface area (Å²) in [5.41, 5.74) is 1.44. The number of benzene rings is 2. The molecule has 0 aliphatic heterocycles. The number of hydrogen-bond acceptors (Lipinski definition) is 5. The highest BCUT2D eigenvalue weighted by atomic mass is 19.1. The number of fused-ring (bicyclic) bond motifs is 1. The summed E-state index contributed by atoms with van der Waals surface area (Å²) in [6.45, 7) is 0.307. The summed E-state index contributed by atoms with van der Waals surface area (Å²) >= 11 is 0. The van der Waals surface area contributed by atoms with Crippen LogP contribution in [0, 0.1) is 5.82 Å². The fourth-order valence-corrected chi connectivity index (χ4v) is 3.83. The van der Waals surface area contributed by atoms with E-state index in [1.807, 2.05) is 18.2 Å². The van der Waals surface area contributed by atoms with Crippen LogP contribution in [0.2, 0.25) is 0 Å². The van der Waals surface area contributed by atoms with Crippen molar-refractivity contribution in [1.82, 2.24) is 19.9 Å². The lowest BCUT2D eigenvalue weighted by Gasteiger charge is -2.13. The van der Waals surface area contributed by atoms with Crippen LogP contribution in [0.3, 0.4) is 0 Å². The van der Waals surface area contributed by atoms with Gasteiger partial charge in [0.1, 0.15) is 17.4 Å². The second-order valence-corrected chi connectivity index (χ2v) is 8.29. The molecule has 0 radical (unpaired) electrons. The third kappa shape index (κ3) is 4.96. The summed E-state index contributed by atoms with van der Waals surface area (Å²) in [4.78, 5) is 34.3. The molecule has 34 heavy (non-hydrogen) atoms. The molecular formula is C26H23FN4O3. The van der Waals surface area contributed by atoms with Gasteiger partial charge in [-0.1, -0.05) is 12.1 Å². The van der Waals surface area contributed by atoms with Crippen molar-refractivity contribution in [3.8, 4) is 11.6 Å². The van der Waals surface area contributed by atoms with Gasteiger partial charge in [0.15, 0.2) is 0 Å². The van der Waals surface area contributed by atoms with Crippen molar-refractivity contribution in [2.24, 2.45) is 0 Å². The molecule has 1 amide bonds. The second-order valence-electron chi connectivity index (χ2n) is 8.29. The molecule has 0 atom stereocenters. The number of hydrogen-bond donors (Lipinski definition) is 1. The highest BCUT2D eigenvalue weighted by Crippen LogP contribution is 2.34. The maximum atomic E-state index is 13.1. The lowest BCUT2D eigenvalue weighted by molar-refractivity contribution is -0.121. The summed E-state index contributed by atoms with van der Waals surface area (Å²) in [5.74, 6) is 0.999. The van der Waals surface area contributed by atoms with Gasteiger partial charge in [-0.05, 0) is 60.9 Å². The lowest BCUT2D eigenvalue weighted by Crippen LogP contribution is -2.27. The molecule has 1 aliphatic carbocycles. The normalized spacial score (nSPS) is 13.1. The van der Waals surface area contributed by atoms with Crippen LogP contribution in [-0.2, 0) is 17.8 Å². The zero-order chi connectivity index (χ0) is 23.5. The molecule has 1 aliphatic rings. The van der Waals surface area contributed by atoms with Crippen molar-refractivity contribution in [3.05, 3.63) is 94.4 Å². The Morgan fingerprint density at radius 3 is 2.71 bits per heavy atom. The predicted molar refractivity (Wildman–Crippen MR) is 125 cm³/mol. The van der Waals surface area contributed by atoms with Gasteiger partial charge in [0.25, 0.3) is 5.56 Å². The van der Waals surface area contributed by atoms with Gasteiger partial charge < -0.3 is 10.1 Å². The first kappa shape index (κ1) is 21.8. The summed E-state index contributed by atoms with van der Waals surface area (Å²) in [7, 11) is 0. The van der Waals surface area contributed by atoms with Crippen LogP contribution < -0.4 is 15.6 Å². The number of amides is 1. The van der Waals surface area contributed by atoms with Crippen LogP contribution >= 0.6 is 0 Å². The number of ether oxygens (including phenoxy) is 1. The third-order valence-electron chi connectivity index (χ3n) is 5.69. The Kier molecular flexibility index (Phi) is 6.03. The van der Waals surface area contributed by atoms with Gasteiger partial charge in [0, 0.05) is 37.7 Å². The van der Waals surface area contributed by atoms with E-state index in [0.29, 0.717) is 41.3 Å². The van der Waals surface area contributed by atoms with Gasteiger partial charge >= 0.3 is 0 Å². The van der Waals surface area contributed by atoms with Gasteiger partial charge in [-0.25, -0.2) is 14.4 Å². The van der Waals surface area contributed by atoms with Gasteiger partial charge in [-0.3, -0.25) is 14.2 Å². The maximum absolute atomic E-state index is 13.1. The van der Waals surface area contributed by atoms with E-state index in [4.69, 9.17) is 4.74 Å². The fraction of sp³-hybridized carbons (Fsp3) is 0.231. The van der Waals surface area contributed by atoms with E-state index in [-0.39, 0.29) is 29.7 Å². The highest BCUT2D eigenvalue weighted by molar-refractivity contribution is 5.78. The van der Waals surface area contributed by atoms with Crippen molar-refractivity contribution in [2.45, 2.75) is 38.3 Å². The van der Waals surface area contributed by atoms with Crippen molar-refractivity contribution < 1.29 is 13.9 Å². The second kappa shape index (κ2) is 9.43. The molecule has 0 unspecified atom stereocenters. The van der Waals surface area contributed by atoms with E-state index in [2.05, 4.69) is 15.3 Å². The average molecular weight is 458 g/mol. The number of aromatic nitrogens is 3. The predicted octanol–water partition coefficient (Wildman–Crippen LogP) is 4.31. The van der Waals surface area contributed by atoms with E-state index < -0.39 is 0 Å². The maximum Gasteiger partial charge on any atom is 0.261 e. The summed E-state index contributed by atoms with van der Waals surface area (Å²) in [6, 6.07) is 16.7. The topological polar surface area (TPSA) is 86.1 Å². The molecular weight excluding hydrogens is 435 g/mol. The van der Waals surface area contributed by atoms with Crippen LogP contribution in [0.25, 0.3) is 10.9 Å². The van der Waals surface area contributed by atoms with Crippen LogP contribution in [0.5, 0.6) is 11.6 Å². The van der Waals surface area contributed by atoms with Gasteiger partial charge in [-0.2, -0.15) is 0 Å². The molecule has 5 rings (SSSR count). The van der Waals surface area contributed by atoms with Gasteiger partial charge in [0.05, 0.1) is 10.9 Å². The number of aryl methyl sites for hydroxylation is 1. The van der Waals surface area contributed by atoms with E-state index in [1.54, 1.807) is 29.0 Å². The Labute approximate surface area is 195 Å².